The van der Waals surface area contributed by atoms with Crippen molar-refractivity contribution < 1.29 is 17.2 Å². The Morgan fingerprint density at radius 1 is 1.16 bits per heavy atom. The lowest BCUT2D eigenvalue weighted by atomic mass is 10.3. The largest absolute Gasteiger partial charge is 0.277 e. The van der Waals surface area contributed by atoms with Crippen LogP contribution in [0.15, 0.2) is 46.0 Å². The molecule has 0 radical (unpaired) electrons. The van der Waals surface area contributed by atoms with Crippen LogP contribution in [0.3, 0.4) is 0 Å². The third kappa shape index (κ3) is 3.27. The van der Waals surface area contributed by atoms with Crippen molar-refractivity contribution >= 4 is 31.6 Å². The van der Waals surface area contributed by atoms with Gasteiger partial charge in [0, 0.05) is 22.9 Å². The zero-order chi connectivity index (χ0) is 14.0. The van der Waals surface area contributed by atoms with Crippen LogP contribution in [0, 0.1) is 11.6 Å². The summed E-state index contributed by atoms with van der Waals surface area (Å²) in [6.45, 7) is 0. The van der Waals surface area contributed by atoms with Gasteiger partial charge in [-0.1, -0.05) is 0 Å². The first-order valence-electron chi connectivity index (χ1n) is 4.97. The summed E-state index contributed by atoms with van der Waals surface area (Å²) in [5, 5.41) is 0. The maximum Gasteiger partial charge on any atom is 0.263 e. The van der Waals surface area contributed by atoms with Crippen molar-refractivity contribution in [1.82, 2.24) is 4.98 Å². The predicted molar refractivity (Wildman–Crippen MR) is 69.1 cm³/mol. The number of sulfonamides is 1. The van der Waals surface area contributed by atoms with Gasteiger partial charge in [-0.2, -0.15) is 0 Å². The van der Waals surface area contributed by atoms with Crippen molar-refractivity contribution in [3.8, 4) is 0 Å². The van der Waals surface area contributed by atoms with E-state index in [0.29, 0.717) is 10.5 Å². The van der Waals surface area contributed by atoms with Gasteiger partial charge in [0.25, 0.3) is 10.0 Å². The van der Waals surface area contributed by atoms with Crippen LogP contribution in [0.2, 0.25) is 0 Å². The van der Waals surface area contributed by atoms with Gasteiger partial charge in [-0.3, -0.25) is 9.71 Å². The molecule has 0 amide bonds. The maximum absolute atomic E-state index is 13.4. The Morgan fingerprint density at radius 3 is 2.53 bits per heavy atom. The Hall–Kier alpha value is -1.54. The lowest BCUT2D eigenvalue weighted by Gasteiger charge is -2.08. The van der Waals surface area contributed by atoms with Crippen molar-refractivity contribution in [1.29, 1.82) is 0 Å². The Kier molecular flexibility index (Phi) is 3.81. The molecule has 100 valence electrons. The summed E-state index contributed by atoms with van der Waals surface area (Å²) < 4.78 is 52.5. The summed E-state index contributed by atoms with van der Waals surface area (Å²) in [7, 11) is -3.98. The van der Waals surface area contributed by atoms with Crippen molar-refractivity contribution in [2.45, 2.75) is 4.90 Å². The van der Waals surface area contributed by atoms with Crippen LogP contribution in [0.5, 0.6) is 0 Å². The SMILES string of the molecule is O=S(=O)(Nc1ccc(F)cc1F)c1cncc(Br)c1. The van der Waals surface area contributed by atoms with E-state index in [0.717, 1.165) is 18.3 Å². The molecule has 0 bridgehead atoms. The lowest BCUT2D eigenvalue weighted by Crippen LogP contribution is -2.14. The van der Waals surface area contributed by atoms with Crippen LogP contribution in [0.1, 0.15) is 0 Å². The number of anilines is 1. The zero-order valence-corrected chi connectivity index (χ0v) is 11.7. The first-order chi connectivity index (χ1) is 8.88. The second-order valence-electron chi connectivity index (χ2n) is 3.57. The number of hydrogen-bond acceptors (Lipinski definition) is 3. The van der Waals surface area contributed by atoms with Gasteiger partial charge in [-0.05, 0) is 34.1 Å². The van der Waals surface area contributed by atoms with Crippen molar-refractivity contribution in [2.24, 2.45) is 0 Å². The van der Waals surface area contributed by atoms with E-state index in [9.17, 15) is 17.2 Å². The van der Waals surface area contributed by atoms with Gasteiger partial charge in [0.2, 0.25) is 0 Å². The summed E-state index contributed by atoms with van der Waals surface area (Å²) in [5.74, 6) is -1.78. The molecule has 1 heterocycles. The van der Waals surface area contributed by atoms with E-state index < -0.39 is 21.7 Å². The highest BCUT2D eigenvalue weighted by atomic mass is 79.9. The molecule has 19 heavy (non-hydrogen) atoms. The summed E-state index contributed by atoms with van der Waals surface area (Å²) in [6, 6.07) is 3.88. The number of nitrogens with one attached hydrogen (secondary N) is 1. The molecular weight excluding hydrogens is 342 g/mol. The molecule has 0 saturated carbocycles. The van der Waals surface area contributed by atoms with Gasteiger partial charge in [0.15, 0.2) is 0 Å². The summed E-state index contributed by atoms with van der Waals surface area (Å²) >= 11 is 3.09. The van der Waals surface area contributed by atoms with Crippen molar-refractivity contribution in [2.75, 3.05) is 4.72 Å². The average Bonchev–Trinajstić information content (AvgIpc) is 2.33. The fourth-order valence-corrected chi connectivity index (χ4v) is 2.89. The number of pyridine rings is 1. The third-order valence-corrected chi connectivity index (χ3v) is 3.93. The molecule has 0 aliphatic heterocycles. The second kappa shape index (κ2) is 5.22. The van der Waals surface area contributed by atoms with Gasteiger partial charge in [-0.25, -0.2) is 17.2 Å². The number of halogens is 3. The van der Waals surface area contributed by atoms with Crippen LogP contribution >= 0.6 is 15.9 Å². The number of benzene rings is 1. The molecule has 0 aliphatic rings. The molecule has 8 heteroatoms. The molecule has 2 rings (SSSR count). The Labute approximate surface area is 116 Å². The van der Waals surface area contributed by atoms with Crippen LogP contribution in [-0.4, -0.2) is 13.4 Å². The van der Waals surface area contributed by atoms with Crippen LogP contribution in [0.4, 0.5) is 14.5 Å². The molecule has 0 unspecified atom stereocenters. The van der Waals surface area contributed by atoms with Crippen LogP contribution < -0.4 is 4.72 Å². The summed E-state index contributed by atoms with van der Waals surface area (Å²) in [6.07, 6.45) is 2.53. The van der Waals surface area contributed by atoms with E-state index in [1.807, 2.05) is 4.72 Å². The predicted octanol–water partition coefficient (Wildman–Crippen LogP) is 2.92. The normalized spacial score (nSPS) is 11.3. The van der Waals surface area contributed by atoms with Gasteiger partial charge in [-0.15, -0.1) is 0 Å². The first-order valence-corrected chi connectivity index (χ1v) is 7.24. The molecule has 1 aromatic carbocycles. The van der Waals surface area contributed by atoms with Gasteiger partial charge in [0.1, 0.15) is 16.5 Å². The fraction of sp³-hybridized carbons (Fsp3) is 0. The highest BCUT2D eigenvalue weighted by molar-refractivity contribution is 9.10. The van der Waals surface area contributed by atoms with E-state index in [2.05, 4.69) is 20.9 Å². The molecule has 4 nitrogen and oxygen atoms in total. The molecule has 0 spiro atoms. The maximum atomic E-state index is 13.4. The van der Waals surface area contributed by atoms with E-state index in [-0.39, 0.29) is 10.6 Å². The highest BCUT2D eigenvalue weighted by Gasteiger charge is 2.17. The molecule has 1 aromatic heterocycles. The molecule has 2 aromatic rings. The third-order valence-electron chi connectivity index (χ3n) is 2.17. The first kappa shape index (κ1) is 13.9. The summed E-state index contributed by atoms with van der Waals surface area (Å²) in [5.41, 5.74) is -0.332. The van der Waals surface area contributed by atoms with E-state index in [4.69, 9.17) is 0 Å². The topological polar surface area (TPSA) is 59.1 Å². The number of hydrogen-bond donors (Lipinski definition) is 1. The van der Waals surface area contributed by atoms with Gasteiger partial charge in [0.05, 0.1) is 5.69 Å². The zero-order valence-electron chi connectivity index (χ0n) is 9.27. The fourth-order valence-electron chi connectivity index (χ4n) is 1.32. The second-order valence-corrected chi connectivity index (χ2v) is 6.17. The van der Waals surface area contributed by atoms with Gasteiger partial charge >= 0.3 is 0 Å². The van der Waals surface area contributed by atoms with Gasteiger partial charge < -0.3 is 0 Å². The molecule has 0 aliphatic carbocycles. The highest BCUT2D eigenvalue weighted by Crippen LogP contribution is 2.21. The molecule has 0 saturated heterocycles. The Morgan fingerprint density at radius 2 is 1.89 bits per heavy atom. The van der Waals surface area contributed by atoms with Crippen LogP contribution in [-0.2, 0) is 10.0 Å². The standard InChI is InChI=1S/C11H7BrF2N2O2S/c12-7-3-9(6-15-5-7)19(17,18)16-11-2-1-8(13)4-10(11)14/h1-6,16H. The minimum Gasteiger partial charge on any atom is -0.277 e. The summed E-state index contributed by atoms with van der Waals surface area (Å²) in [4.78, 5) is 3.58. The molecular formula is C11H7BrF2N2O2S. The average molecular weight is 349 g/mol. The molecule has 0 fully saturated rings. The smallest absolute Gasteiger partial charge is 0.263 e. The minimum absolute atomic E-state index is 0.134. The Balaban J connectivity index is 2.36. The van der Waals surface area contributed by atoms with E-state index in [1.54, 1.807) is 0 Å². The van der Waals surface area contributed by atoms with Crippen LogP contribution in [0.25, 0.3) is 0 Å². The van der Waals surface area contributed by atoms with E-state index in [1.165, 1.54) is 12.3 Å². The Bertz CT molecular complexity index is 722. The van der Waals surface area contributed by atoms with Crippen molar-refractivity contribution in [3.63, 3.8) is 0 Å². The van der Waals surface area contributed by atoms with Crippen molar-refractivity contribution in [3.05, 3.63) is 52.8 Å². The van der Waals surface area contributed by atoms with E-state index >= 15 is 0 Å². The number of rotatable bonds is 3. The minimum atomic E-state index is -3.98. The quantitative estimate of drug-likeness (QED) is 0.927. The lowest BCUT2D eigenvalue weighted by molar-refractivity contribution is 0.582. The number of aromatic nitrogens is 1. The monoisotopic (exact) mass is 348 g/mol. The number of nitrogens with zero attached hydrogens (tertiary/aromatic N) is 1. The molecule has 1 N–H and O–H groups in total. The molecule has 0 atom stereocenters.